The minimum absolute atomic E-state index is 0.0348. The number of H-pyrrole nitrogens is 1. The molecule has 3 heterocycles. The smallest absolute Gasteiger partial charge is 0.181 e. The van der Waals surface area contributed by atoms with E-state index in [4.69, 9.17) is 4.74 Å². The highest BCUT2D eigenvalue weighted by molar-refractivity contribution is 5.53. The zero-order valence-electron chi connectivity index (χ0n) is 12.1. The second kappa shape index (κ2) is 5.73. The average molecular weight is 295 g/mol. The van der Waals surface area contributed by atoms with Crippen LogP contribution in [0.3, 0.4) is 0 Å². The normalized spacial score (nSPS) is 21.3. The van der Waals surface area contributed by atoms with Crippen LogP contribution in [0.2, 0.25) is 0 Å². The van der Waals surface area contributed by atoms with Crippen molar-refractivity contribution < 1.29 is 4.74 Å². The molecule has 3 aromatic rings. The molecule has 2 atom stereocenters. The third kappa shape index (κ3) is 2.53. The molecule has 22 heavy (non-hydrogen) atoms. The summed E-state index contributed by atoms with van der Waals surface area (Å²) in [6, 6.07) is 9.97. The van der Waals surface area contributed by atoms with Gasteiger partial charge < -0.3 is 9.30 Å². The van der Waals surface area contributed by atoms with Gasteiger partial charge >= 0.3 is 0 Å². The molecular formula is C16H17N5O. The molecule has 0 bridgehead atoms. The molecule has 1 aliphatic rings. The lowest BCUT2D eigenvalue weighted by molar-refractivity contribution is 0.0797. The fourth-order valence-corrected chi connectivity index (χ4v) is 2.91. The second-order valence-electron chi connectivity index (χ2n) is 5.51. The van der Waals surface area contributed by atoms with E-state index in [1.807, 2.05) is 42.9 Å². The summed E-state index contributed by atoms with van der Waals surface area (Å²) in [5.41, 5.74) is 1.01. The molecule has 4 rings (SSSR count). The number of aromatic nitrogens is 5. The Morgan fingerprint density at radius 1 is 1.27 bits per heavy atom. The Kier molecular flexibility index (Phi) is 3.44. The minimum atomic E-state index is -0.0348. The van der Waals surface area contributed by atoms with Crippen LogP contribution < -0.4 is 0 Å². The molecule has 1 fully saturated rings. The number of aromatic amines is 1. The van der Waals surface area contributed by atoms with Gasteiger partial charge in [0.2, 0.25) is 0 Å². The van der Waals surface area contributed by atoms with Crippen LogP contribution in [0.15, 0.2) is 49.1 Å². The number of rotatable bonds is 4. The Morgan fingerprint density at radius 3 is 3.00 bits per heavy atom. The van der Waals surface area contributed by atoms with Crippen molar-refractivity contribution >= 4 is 0 Å². The third-order valence-electron chi connectivity index (χ3n) is 4.02. The maximum Gasteiger partial charge on any atom is 0.181 e. The lowest BCUT2D eigenvalue weighted by atomic mass is 10.0. The fourth-order valence-electron chi connectivity index (χ4n) is 2.91. The molecule has 6 heteroatoms. The van der Waals surface area contributed by atoms with E-state index >= 15 is 0 Å². The van der Waals surface area contributed by atoms with Gasteiger partial charge in [0.25, 0.3) is 0 Å². The molecule has 0 spiro atoms. The Bertz CT molecular complexity index is 722. The summed E-state index contributed by atoms with van der Waals surface area (Å²) in [5, 5.41) is 7.37. The van der Waals surface area contributed by atoms with Crippen molar-refractivity contribution in [3.8, 4) is 11.4 Å². The van der Waals surface area contributed by atoms with Crippen molar-refractivity contribution in [2.45, 2.75) is 19.1 Å². The van der Waals surface area contributed by atoms with Gasteiger partial charge in [-0.05, 0) is 6.42 Å². The van der Waals surface area contributed by atoms with E-state index in [0.29, 0.717) is 11.7 Å². The third-order valence-corrected chi connectivity index (χ3v) is 4.02. The number of nitrogens with one attached hydrogen (secondary N) is 1. The molecule has 112 valence electrons. The number of ether oxygens (including phenoxy) is 1. The van der Waals surface area contributed by atoms with Gasteiger partial charge in [-0.2, -0.15) is 5.10 Å². The monoisotopic (exact) mass is 295 g/mol. The lowest BCUT2D eigenvalue weighted by Crippen LogP contribution is -2.15. The Labute approximate surface area is 128 Å². The first kappa shape index (κ1) is 13.2. The zero-order valence-corrected chi connectivity index (χ0v) is 12.1. The van der Waals surface area contributed by atoms with E-state index in [1.54, 1.807) is 6.20 Å². The predicted molar refractivity (Wildman–Crippen MR) is 80.8 cm³/mol. The first-order valence-electron chi connectivity index (χ1n) is 7.45. The predicted octanol–water partition coefficient (Wildman–Crippen LogP) is 2.45. The fraction of sp³-hybridized carbons (Fsp3) is 0.312. The average Bonchev–Trinajstić information content (AvgIpc) is 3.30. The Hall–Kier alpha value is -2.47. The van der Waals surface area contributed by atoms with Gasteiger partial charge in [-0.25, -0.2) is 9.97 Å². The Morgan fingerprint density at radius 2 is 2.18 bits per heavy atom. The maximum absolute atomic E-state index is 5.88. The summed E-state index contributed by atoms with van der Waals surface area (Å²) >= 11 is 0. The molecule has 0 aliphatic carbocycles. The van der Waals surface area contributed by atoms with Crippen LogP contribution in [-0.4, -0.2) is 31.3 Å². The number of hydrogen-bond acceptors (Lipinski definition) is 4. The van der Waals surface area contributed by atoms with Crippen molar-refractivity contribution in [2.24, 2.45) is 5.92 Å². The maximum atomic E-state index is 5.88. The highest BCUT2D eigenvalue weighted by Crippen LogP contribution is 2.34. The molecule has 1 aromatic carbocycles. The van der Waals surface area contributed by atoms with Crippen LogP contribution in [0.5, 0.6) is 0 Å². The zero-order chi connectivity index (χ0) is 14.8. The van der Waals surface area contributed by atoms with Gasteiger partial charge in [0.1, 0.15) is 6.10 Å². The molecule has 0 unspecified atom stereocenters. The van der Waals surface area contributed by atoms with Crippen LogP contribution in [0.4, 0.5) is 0 Å². The van der Waals surface area contributed by atoms with Crippen LogP contribution in [0.25, 0.3) is 11.4 Å². The van der Waals surface area contributed by atoms with Crippen molar-refractivity contribution in [1.82, 2.24) is 24.7 Å². The molecule has 1 saturated heterocycles. The topological polar surface area (TPSA) is 68.6 Å². The van der Waals surface area contributed by atoms with E-state index in [2.05, 4.69) is 24.7 Å². The highest BCUT2D eigenvalue weighted by atomic mass is 16.5. The molecule has 1 aliphatic heterocycles. The van der Waals surface area contributed by atoms with E-state index in [9.17, 15) is 0 Å². The van der Waals surface area contributed by atoms with Gasteiger partial charge in [0.15, 0.2) is 11.6 Å². The van der Waals surface area contributed by atoms with E-state index < -0.39 is 0 Å². The van der Waals surface area contributed by atoms with Crippen molar-refractivity contribution in [1.29, 1.82) is 0 Å². The first-order chi connectivity index (χ1) is 10.9. The molecule has 0 radical (unpaired) electrons. The lowest BCUT2D eigenvalue weighted by Gasteiger charge is -2.16. The molecule has 6 nitrogen and oxygen atoms in total. The second-order valence-corrected chi connectivity index (χ2v) is 5.51. The Balaban J connectivity index is 1.55. The SMILES string of the molecule is c1ccc(-c2n[nH]c([C@H]3OCC[C@H]3Cn3ccnc3)n2)cc1. The van der Waals surface area contributed by atoms with Crippen molar-refractivity contribution in [3.63, 3.8) is 0 Å². The summed E-state index contributed by atoms with van der Waals surface area (Å²) in [7, 11) is 0. The largest absolute Gasteiger partial charge is 0.370 e. The summed E-state index contributed by atoms with van der Waals surface area (Å²) in [6.07, 6.45) is 6.60. The molecular weight excluding hydrogens is 278 g/mol. The standard InChI is InChI=1S/C16H17N5O/c1-2-4-12(5-3-1)15-18-16(20-19-15)14-13(6-9-22-14)10-21-8-7-17-11-21/h1-5,7-8,11,13-14H,6,9-10H2,(H,18,19,20)/t13-,14-/m0/s1. The number of hydrogen-bond donors (Lipinski definition) is 1. The summed E-state index contributed by atoms with van der Waals surface area (Å²) in [5.74, 6) is 1.90. The first-order valence-corrected chi connectivity index (χ1v) is 7.45. The van der Waals surface area contributed by atoms with Gasteiger partial charge in [-0.3, -0.25) is 5.10 Å². The molecule has 0 saturated carbocycles. The van der Waals surface area contributed by atoms with E-state index in [1.165, 1.54) is 0 Å². The summed E-state index contributed by atoms with van der Waals surface area (Å²) < 4.78 is 7.97. The van der Waals surface area contributed by atoms with Crippen molar-refractivity contribution in [2.75, 3.05) is 6.61 Å². The van der Waals surface area contributed by atoms with Crippen molar-refractivity contribution in [3.05, 3.63) is 54.9 Å². The minimum Gasteiger partial charge on any atom is -0.370 e. The van der Waals surface area contributed by atoms with E-state index in [-0.39, 0.29) is 6.10 Å². The van der Waals surface area contributed by atoms with Gasteiger partial charge in [-0.15, -0.1) is 0 Å². The van der Waals surface area contributed by atoms with Crippen LogP contribution >= 0.6 is 0 Å². The number of benzene rings is 1. The van der Waals surface area contributed by atoms with Gasteiger partial charge in [0.05, 0.1) is 6.33 Å². The summed E-state index contributed by atoms with van der Waals surface area (Å²) in [4.78, 5) is 8.72. The molecule has 0 amide bonds. The molecule has 1 N–H and O–H groups in total. The summed E-state index contributed by atoms with van der Waals surface area (Å²) in [6.45, 7) is 1.64. The van der Waals surface area contributed by atoms with Crippen LogP contribution in [-0.2, 0) is 11.3 Å². The van der Waals surface area contributed by atoms with Gasteiger partial charge in [-0.1, -0.05) is 30.3 Å². The number of nitrogens with zero attached hydrogens (tertiary/aromatic N) is 4. The molecule has 2 aromatic heterocycles. The van der Waals surface area contributed by atoms with Crippen LogP contribution in [0.1, 0.15) is 18.3 Å². The van der Waals surface area contributed by atoms with E-state index in [0.717, 1.165) is 31.0 Å². The number of imidazole rings is 1. The van der Waals surface area contributed by atoms with Crippen LogP contribution in [0, 0.1) is 5.92 Å². The quantitative estimate of drug-likeness (QED) is 0.802. The van der Waals surface area contributed by atoms with Gasteiger partial charge in [0, 0.05) is 37.0 Å². The highest BCUT2D eigenvalue weighted by Gasteiger charge is 2.32.